The molecule has 1 aromatic carbocycles. The van der Waals surface area contributed by atoms with E-state index < -0.39 is 0 Å². The maximum atomic E-state index is 5.44. The summed E-state index contributed by atoms with van der Waals surface area (Å²) in [6, 6.07) is 6.19. The van der Waals surface area contributed by atoms with Gasteiger partial charge in [-0.05, 0) is 43.1 Å². The third-order valence-electron chi connectivity index (χ3n) is 2.83. The standard InChI is InChI=1S/C14H17BrN4/c1-10-3-4-12(15)7-13(10)11-8-18-14(19-9-11)17-6-2-5-16/h3-4,7-9H,2,5-6,16H2,1H3,(H,17,18,19). The van der Waals surface area contributed by atoms with E-state index in [-0.39, 0.29) is 0 Å². The van der Waals surface area contributed by atoms with Gasteiger partial charge in [-0.2, -0.15) is 0 Å². The van der Waals surface area contributed by atoms with Gasteiger partial charge in [0, 0.05) is 29.0 Å². The summed E-state index contributed by atoms with van der Waals surface area (Å²) in [6.07, 6.45) is 4.59. The number of anilines is 1. The monoisotopic (exact) mass is 320 g/mol. The van der Waals surface area contributed by atoms with Crippen molar-refractivity contribution in [1.29, 1.82) is 0 Å². The Morgan fingerprint density at radius 3 is 2.68 bits per heavy atom. The van der Waals surface area contributed by atoms with Crippen LogP contribution in [0.15, 0.2) is 35.1 Å². The first kappa shape index (κ1) is 14.0. The van der Waals surface area contributed by atoms with Crippen LogP contribution in [0.1, 0.15) is 12.0 Å². The number of rotatable bonds is 5. The number of aryl methyl sites for hydroxylation is 1. The summed E-state index contributed by atoms with van der Waals surface area (Å²) in [7, 11) is 0. The fourth-order valence-corrected chi connectivity index (χ4v) is 2.13. The van der Waals surface area contributed by atoms with Gasteiger partial charge in [0.15, 0.2) is 0 Å². The van der Waals surface area contributed by atoms with E-state index in [4.69, 9.17) is 5.73 Å². The molecule has 0 aliphatic carbocycles. The maximum absolute atomic E-state index is 5.44. The molecular formula is C14H17BrN4. The SMILES string of the molecule is Cc1ccc(Br)cc1-c1cnc(NCCCN)nc1. The largest absolute Gasteiger partial charge is 0.354 e. The van der Waals surface area contributed by atoms with Gasteiger partial charge in [-0.25, -0.2) is 9.97 Å². The molecule has 0 atom stereocenters. The highest BCUT2D eigenvalue weighted by Crippen LogP contribution is 2.25. The Balaban J connectivity index is 2.15. The van der Waals surface area contributed by atoms with Crippen molar-refractivity contribution in [2.75, 3.05) is 18.4 Å². The van der Waals surface area contributed by atoms with Crippen LogP contribution in [0.5, 0.6) is 0 Å². The number of aromatic nitrogens is 2. The van der Waals surface area contributed by atoms with Crippen LogP contribution >= 0.6 is 15.9 Å². The van der Waals surface area contributed by atoms with Crippen molar-refractivity contribution < 1.29 is 0 Å². The Labute approximate surface area is 121 Å². The van der Waals surface area contributed by atoms with E-state index in [9.17, 15) is 0 Å². The Bertz CT molecular complexity index is 540. The normalized spacial score (nSPS) is 10.5. The molecule has 0 amide bonds. The van der Waals surface area contributed by atoms with E-state index in [2.05, 4.69) is 50.3 Å². The van der Waals surface area contributed by atoms with Crippen LogP contribution in [0.4, 0.5) is 5.95 Å². The molecule has 0 fully saturated rings. The maximum Gasteiger partial charge on any atom is 0.222 e. The van der Waals surface area contributed by atoms with E-state index in [1.54, 1.807) is 0 Å². The predicted octanol–water partition coefficient (Wildman–Crippen LogP) is 2.98. The lowest BCUT2D eigenvalue weighted by molar-refractivity contribution is 0.864. The first-order valence-corrected chi connectivity index (χ1v) is 7.02. The summed E-state index contributed by atoms with van der Waals surface area (Å²) >= 11 is 3.49. The number of hydrogen-bond donors (Lipinski definition) is 2. The van der Waals surface area contributed by atoms with Gasteiger partial charge >= 0.3 is 0 Å². The smallest absolute Gasteiger partial charge is 0.222 e. The zero-order valence-corrected chi connectivity index (χ0v) is 12.4. The highest BCUT2D eigenvalue weighted by atomic mass is 79.9. The van der Waals surface area contributed by atoms with Gasteiger partial charge in [0.25, 0.3) is 0 Å². The first-order valence-electron chi connectivity index (χ1n) is 6.23. The fraction of sp³-hybridized carbons (Fsp3) is 0.286. The van der Waals surface area contributed by atoms with Crippen molar-refractivity contribution in [3.63, 3.8) is 0 Å². The fourth-order valence-electron chi connectivity index (χ4n) is 1.77. The number of benzene rings is 1. The molecule has 0 bridgehead atoms. The quantitative estimate of drug-likeness (QED) is 0.831. The molecule has 0 unspecified atom stereocenters. The van der Waals surface area contributed by atoms with Gasteiger partial charge in [0.2, 0.25) is 5.95 Å². The van der Waals surface area contributed by atoms with Crippen LogP contribution in [0.25, 0.3) is 11.1 Å². The summed E-state index contributed by atoms with van der Waals surface area (Å²) < 4.78 is 1.05. The Kier molecular flexibility index (Phi) is 4.87. The zero-order chi connectivity index (χ0) is 13.7. The molecule has 0 radical (unpaired) electrons. The molecule has 0 aliphatic heterocycles. The van der Waals surface area contributed by atoms with Crippen molar-refractivity contribution in [1.82, 2.24) is 9.97 Å². The van der Waals surface area contributed by atoms with Gasteiger partial charge in [-0.1, -0.05) is 22.0 Å². The van der Waals surface area contributed by atoms with Crippen molar-refractivity contribution in [2.24, 2.45) is 5.73 Å². The second kappa shape index (κ2) is 6.63. The second-order valence-corrected chi connectivity index (χ2v) is 5.24. The molecule has 1 heterocycles. The van der Waals surface area contributed by atoms with Crippen molar-refractivity contribution in [2.45, 2.75) is 13.3 Å². The first-order chi connectivity index (χ1) is 9.20. The average Bonchev–Trinajstić information content (AvgIpc) is 2.43. The minimum Gasteiger partial charge on any atom is -0.354 e. The van der Waals surface area contributed by atoms with E-state index >= 15 is 0 Å². The highest BCUT2D eigenvalue weighted by molar-refractivity contribution is 9.10. The average molecular weight is 321 g/mol. The lowest BCUT2D eigenvalue weighted by Crippen LogP contribution is -2.10. The molecule has 1 aromatic heterocycles. The number of nitrogens with two attached hydrogens (primary N) is 1. The highest BCUT2D eigenvalue weighted by Gasteiger charge is 2.04. The second-order valence-electron chi connectivity index (χ2n) is 4.32. The van der Waals surface area contributed by atoms with Crippen molar-refractivity contribution >= 4 is 21.9 Å². The van der Waals surface area contributed by atoms with Crippen molar-refractivity contribution in [3.05, 3.63) is 40.6 Å². The Morgan fingerprint density at radius 2 is 2.00 bits per heavy atom. The molecule has 0 saturated heterocycles. The van der Waals surface area contributed by atoms with Crippen LogP contribution in [-0.4, -0.2) is 23.1 Å². The van der Waals surface area contributed by atoms with Gasteiger partial charge in [0.05, 0.1) is 0 Å². The van der Waals surface area contributed by atoms with Gasteiger partial charge < -0.3 is 11.1 Å². The third kappa shape index (κ3) is 3.75. The summed E-state index contributed by atoms with van der Waals surface area (Å²) in [5.74, 6) is 0.643. The van der Waals surface area contributed by atoms with Crippen LogP contribution in [0.2, 0.25) is 0 Å². The van der Waals surface area contributed by atoms with Crippen LogP contribution < -0.4 is 11.1 Å². The predicted molar refractivity (Wildman–Crippen MR) is 82.1 cm³/mol. The van der Waals surface area contributed by atoms with Gasteiger partial charge in [-0.3, -0.25) is 0 Å². The van der Waals surface area contributed by atoms with Gasteiger partial charge in [0.1, 0.15) is 0 Å². The third-order valence-corrected chi connectivity index (χ3v) is 3.32. The molecular weight excluding hydrogens is 304 g/mol. The lowest BCUT2D eigenvalue weighted by Gasteiger charge is -2.07. The zero-order valence-electron chi connectivity index (χ0n) is 10.9. The number of nitrogens with one attached hydrogen (secondary N) is 1. The molecule has 3 N–H and O–H groups in total. The number of hydrogen-bond acceptors (Lipinski definition) is 4. The number of halogens is 1. The van der Waals surface area contributed by atoms with Crippen LogP contribution in [-0.2, 0) is 0 Å². The van der Waals surface area contributed by atoms with E-state index in [1.165, 1.54) is 5.56 Å². The molecule has 19 heavy (non-hydrogen) atoms. The molecule has 0 saturated carbocycles. The van der Waals surface area contributed by atoms with Crippen LogP contribution in [0, 0.1) is 6.92 Å². The Hall–Kier alpha value is -1.46. The van der Waals surface area contributed by atoms with Gasteiger partial charge in [-0.15, -0.1) is 0 Å². The summed E-state index contributed by atoms with van der Waals surface area (Å²) in [5, 5.41) is 3.14. The van der Waals surface area contributed by atoms with E-state index in [0.29, 0.717) is 12.5 Å². The summed E-state index contributed by atoms with van der Waals surface area (Å²) in [4.78, 5) is 8.64. The summed E-state index contributed by atoms with van der Waals surface area (Å²) in [5.41, 5.74) is 8.80. The minimum atomic E-state index is 0.643. The van der Waals surface area contributed by atoms with Crippen molar-refractivity contribution in [3.8, 4) is 11.1 Å². The van der Waals surface area contributed by atoms with E-state index in [1.807, 2.05) is 18.5 Å². The molecule has 2 rings (SSSR count). The lowest BCUT2D eigenvalue weighted by atomic mass is 10.0. The number of nitrogens with zero attached hydrogens (tertiary/aromatic N) is 2. The van der Waals surface area contributed by atoms with E-state index in [0.717, 1.165) is 28.6 Å². The topological polar surface area (TPSA) is 63.8 Å². The minimum absolute atomic E-state index is 0.643. The molecule has 2 aromatic rings. The molecule has 100 valence electrons. The Morgan fingerprint density at radius 1 is 1.26 bits per heavy atom. The molecule has 0 aliphatic rings. The molecule has 5 heteroatoms. The summed E-state index contributed by atoms with van der Waals surface area (Å²) in [6.45, 7) is 3.54. The molecule has 4 nitrogen and oxygen atoms in total. The molecule has 0 spiro atoms. The van der Waals surface area contributed by atoms with Crippen LogP contribution in [0.3, 0.4) is 0 Å².